The molecule has 9 aromatic carbocycles. The van der Waals surface area contributed by atoms with Gasteiger partial charge in [0.2, 0.25) is 0 Å². The van der Waals surface area contributed by atoms with Crippen molar-refractivity contribution in [2.45, 2.75) is 0 Å². The zero-order chi connectivity index (χ0) is 32.3. The largest absolute Gasteiger partial charge is 0.134 e. The van der Waals surface area contributed by atoms with Gasteiger partial charge in [-0.3, -0.25) is 0 Å². The van der Waals surface area contributed by atoms with E-state index >= 15 is 0 Å². The Bertz CT molecular complexity index is 2820. The lowest BCUT2D eigenvalue weighted by Crippen LogP contribution is -1.85. The van der Waals surface area contributed by atoms with Crippen LogP contribution in [0.3, 0.4) is 0 Å². The quantitative estimate of drug-likeness (QED) is 0.168. The van der Waals surface area contributed by atoms with Gasteiger partial charge in [0, 0.05) is 20.2 Å². The Balaban J connectivity index is 1.10. The van der Waals surface area contributed by atoms with E-state index < -0.39 is 0 Å². The van der Waals surface area contributed by atoms with E-state index in [-0.39, 0.29) is 0 Å². The van der Waals surface area contributed by atoms with Gasteiger partial charge in [0.15, 0.2) is 0 Å². The molecule has 0 N–H and O–H groups in total. The second kappa shape index (κ2) is 11.3. The molecule has 228 valence electrons. The van der Waals surface area contributed by atoms with Gasteiger partial charge >= 0.3 is 0 Å². The third-order valence-electron chi connectivity index (χ3n) is 10.1. The summed E-state index contributed by atoms with van der Waals surface area (Å²) in [6.45, 7) is 0. The maximum Gasteiger partial charge on any atom is 0.0434 e. The predicted molar refractivity (Wildman–Crippen MR) is 214 cm³/mol. The number of hydrogen-bond donors (Lipinski definition) is 0. The number of benzene rings is 9. The second-order valence-electron chi connectivity index (χ2n) is 12.8. The summed E-state index contributed by atoms with van der Waals surface area (Å²) >= 11 is 1.92. The van der Waals surface area contributed by atoms with Crippen LogP contribution in [0.1, 0.15) is 0 Å². The predicted octanol–water partition coefficient (Wildman–Crippen LogP) is 14.2. The Labute approximate surface area is 289 Å². The first-order valence-electron chi connectivity index (χ1n) is 16.8. The minimum absolute atomic E-state index is 1.23. The monoisotopic (exact) mass is 638 g/mol. The van der Waals surface area contributed by atoms with Gasteiger partial charge in [0.05, 0.1) is 0 Å². The van der Waals surface area contributed by atoms with Crippen LogP contribution < -0.4 is 0 Å². The standard InChI is InChI=1S/C48H30S/c1-2-11-31(12-3-1)32-23-25-33(26-24-32)34-13-8-14-35(29-34)37-19-9-21-44-45-22-10-20-38(48(45)49-47(37)44)36-27-28-43-41-17-5-4-15-39(41)40-16-6-7-18-42(40)46(43)30-36/h1-30H. The number of fused-ring (bicyclic) bond motifs is 9. The summed E-state index contributed by atoms with van der Waals surface area (Å²) in [5, 5.41) is 10.5. The molecular weight excluding hydrogens is 609 g/mol. The van der Waals surface area contributed by atoms with E-state index in [4.69, 9.17) is 0 Å². The molecule has 0 saturated carbocycles. The maximum atomic E-state index is 2.41. The van der Waals surface area contributed by atoms with Crippen LogP contribution in [0, 0.1) is 0 Å². The fraction of sp³-hybridized carbons (Fsp3) is 0. The molecule has 0 amide bonds. The summed E-state index contributed by atoms with van der Waals surface area (Å²) in [6.07, 6.45) is 0. The topological polar surface area (TPSA) is 0 Å². The first kappa shape index (κ1) is 28.0. The Hall–Kier alpha value is -6.02. The van der Waals surface area contributed by atoms with Crippen LogP contribution in [0.15, 0.2) is 182 Å². The zero-order valence-electron chi connectivity index (χ0n) is 26.7. The van der Waals surface area contributed by atoms with Gasteiger partial charge in [0.1, 0.15) is 0 Å². The maximum absolute atomic E-state index is 2.41. The van der Waals surface area contributed by atoms with E-state index in [1.54, 1.807) is 0 Å². The molecule has 0 nitrogen and oxygen atoms in total. The Morgan fingerprint density at radius 3 is 1.22 bits per heavy atom. The van der Waals surface area contributed by atoms with Gasteiger partial charge < -0.3 is 0 Å². The van der Waals surface area contributed by atoms with Crippen LogP contribution in [-0.4, -0.2) is 0 Å². The molecular formula is C48H30S. The highest BCUT2D eigenvalue weighted by molar-refractivity contribution is 7.26. The van der Waals surface area contributed by atoms with Crippen LogP contribution in [0.2, 0.25) is 0 Å². The third-order valence-corrected chi connectivity index (χ3v) is 11.4. The Morgan fingerprint density at radius 2 is 0.612 bits per heavy atom. The summed E-state index contributed by atoms with van der Waals surface area (Å²) in [5.74, 6) is 0. The molecule has 0 atom stereocenters. The van der Waals surface area contributed by atoms with Gasteiger partial charge in [-0.2, -0.15) is 0 Å². The van der Waals surface area contributed by atoms with Gasteiger partial charge in [-0.25, -0.2) is 0 Å². The molecule has 0 fully saturated rings. The smallest absolute Gasteiger partial charge is 0.0434 e. The number of thiophene rings is 1. The molecule has 1 heteroatoms. The molecule has 0 radical (unpaired) electrons. The normalized spacial score (nSPS) is 11.7. The SMILES string of the molecule is c1ccc(-c2ccc(-c3cccc(-c4cccc5c4sc4c(-c6ccc7c8ccccc8c8ccccc8c7c6)cccc45)c3)cc2)cc1. The van der Waals surface area contributed by atoms with Crippen molar-refractivity contribution in [1.29, 1.82) is 0 Å². The molecule has 1 heterocycles. The van der Waals surface area contributed by atoms with Gasteiger partial charge in [-0.1, -0.05) is 170 Å². The average molecular weight is 639 g/mol. The average Bonchev–Trinajstić information content (AvgIpc) is 3.58. The summed E-state index contributed by atoms with van der Waals surface area (Å²) in [5.41, 5.74) is 10.00. The molecule has 0 saturated heterocycles. The van der Waals surface area contributed by atoms with E-state index in [1.165, 1.54) is 97.0 Å². The van der Waals surface area contributed by atoms with Crippen molar-refractivity contribution >= 4 is 63.8 Å². The highest BCUT2D eigenvalue weighted by atomic mass is 32.1. The lowest BCUT2D eigenvalue weighted by atomic mass is 9.92. The molecule has 10 rings (SSSR count). The van der Waals surface area contributed by atoms with Gasteiger partial charge in [-0.15, -0.1) is 11.3 Å². The lowest BCUT2D eigenvalue weighted by molar-refractivity contribution is 1.58. The second-order valence-corrected chi connectivity index (χ2v) is 13.9. The summed E-state index contributed by atoms with van der Waals surface area (Å²) < 4.78 is 2.67. The highest BCUT2D eigenvalue weighted by Gasteiger charge is 2.16. The van der Waals surface area contributed by atoms with E-state index in [1.807, 2.05) is 11.3 Å². The van der Waals surface area contributed by atoms with Crippen LogP contribution in [0.5, 0.6) is 0 Å². The van der Waals surface area contributed by atoms with Crippen LogP contribution in [0.4, 0.5) is 0 Å². The zero-order valence-corrected chi connectivity index (χ0v) is 27.5. The van der Waals surface area contributed by atoms with Crippen molar-refractivity contribution in [2.75, 3.05) is 0 Å². The molecule has 0 bridgehead atoms. The molecule has 0 aliphatic heterocycles. The third kappa shape index (κ3) is 4.58. The van der Waals surface area contributed by atoms with Crippen molar-refractivity contribution in [1.82, 2.24) is 0 Å². The molecule has 49 heavy (non-hydrogen) atoms. The van der Waals surface area contributed by atoms with E-state index in [2.05, 4.69) is 182 Å². The van der Waals surface area contributed by atoms with Crippen LogP contribution in [0.25, 0.3) is 97.0 Å². The minimum Gasteiger partial charge on any atom is -0.134 e. The Kier molecular flexibility index (Phi) is 6.47. The van der Waals surface area contributed by atoms with Crippen LogP contribution in [-0.2, 0) is 0 Å². The first-order chi connectivity index (χ1) is 24.3. The van der Waals surface area contributed by atoms with Crippen molar-refractivity contribution in [2.24, 2.45) is 0 Å². The fourth-order valence-electron chi connectivity index (χ4n) is 7.70. The molecule has 1 aromatic heterocycles. The van der Waals surface area contributed by atoms with Crippen molar-refractivity contribution in [3.63, 3.8) is 0 Å². The summed E-state index contributed by atoms with van der Waals surface area (Å²) in [6, 6.07) is 66.8. The summed E-state index contributed by atoms with van der Waals surface area (Å²) in [4.78, 5) is 0. The van der Waals surface area contributed by atoms with Gasteiger partial charge in [0.25, 0.3) is 0 Å². The van der Waals surface area contributed by atoms with E-state index in [0.29, 0.717) is 0 Å². The van der Waals surface area contributed by atoms with Crippen molar-refractivity contribution in [3.05, 3.63) is 182 Å². The Morgan fingerprint density at radius 1 is 0.224 bits per heavy atom. The minimum atomic E-state index is 1.23. The first-order valence-corrected chi connectivity index (χ1v) is 17.7. The molecule has 0 aliphatic carbocycles. The molecule has 0 unspecified atom stereocenters. The van der Waals surface area contributed by atoms with Crippen molar-refractivity contribution in [3.8, 4) is 44.5 Å². The van der Waals surface area contributed by atoms with Crippen molar-refractivity contribution < 1.29 is 0 Å². The lowest BCUT2D eigenvalue weighted by Gasteiger charge is -2.12. The highest BCUT2D eigenvalue weighted by Crippen LogP contribution is 2.45. The number of rotatable bonds is 4. The van der Waals surface area contributed by atoms with Gasteiger partial charge in [-0.05, 0) is 89.0 Å². The number of hydrogen-bond acceptors (Lipinski definition) is 1. The summed E-state index contributed by atoms with van der Waals surface area (Å²) in [7, 11) is 0. The molecule has 0 spiro atoms. The van der Waals surface area contributed by atoms with Crippen LogP contribution >= 0.6 is 11.3 Å². The van der Waals surface area contributed by atoms with E-state index in [0.717, 1.165) is 0 Å². The van der Waals surface area contributed by atoms with E-state index in [9.17, 15) is 0 Å². The molecule has 10 aromatic rings. The molecule has 0 aliphatic rings. The fourth-order valence-corrected chi connectivity index (χ4v) is 9.07.